The minimum absolute atomic E-state index is 0.180. The maximum absolute atomic E-state index is 6.28. The SMILES string of the molecule is CCCOc1ccccc1C(N)c1ccncc1. The van der Waals surface area contributed by atoms with Crippen LogP contribution >= 0.6 is 0 Å². The van der Waals surface area contributed by atoms with Crippen molar-refractivity contribution in [3.05, 3.63) is 59.9 Å². The van der Waals surface area contributed by atoms with Crippen molar-refractivity contribution in [2.45, 2.75) is 19.4 Å². The third-order valence-corrected chi connectivity index (χ3v) is 2.78. The molecule has 18 heavy (non-hydrogen) atoms. The molecule has 0 radical (unpaired) electrons. The topological polar surface area (TPSA) is 48.1 Å². The number of hydrogen-bond acceptors (Lipinski definition) is 3. The second kappa shape index (κ2) is 6.17. The Balaban J connectivity index is 2.27. The summed E-state index contributed by atoms with van der Waals surface area (Å²) in [5, 5.41) is 0. The molecular formula is C15H18N2O. The highest BCUT2D eigenvalue weighted by Crippen LogP contribution is 2.27. The number of nitrogens with two attached hydrogens (primary N) is 1. The smallest absolute Gasteiger partial charge is 0.124 e. The number of para-hydroxylation sites is 1. The van der Waals surface area contributed by atoms with Gasteiger partial charge in [-0.15, -0.1) is 0 Å². The monoisotopic (exact) mass is 242 g/mol. The minimum atomic E-state index is -0.180. The lowest BCUT2D eigenvalue weighted by Crippen LogP contribution is -2.13. The third-order valence-electron chi connectivity index (χ3n) is 2.78. The summed E-state index contributed by atoms with van der Waals surface area (Å²) in [5.41, 5.74) is 8.33. The van der Waals surface area contributed by atoms with Crippen molar-refractivity contribution in [1.29, 1.82) is 0 Å². The molecule has 0 bridgehead atoms. The van der Waals surface area contributed by atoms with Crippen LogP contribution in [-0.2, 0) is 0 Å². The maximum Gasteiger partial charge on any atom is 0.124 e. The molecule has 2 rings (SSSR count). The molecule has 2 N–H and O–H groups in total. The molecule has 0 fully saturated rings. The van der Waals surface area contributed by atoms with Crippen LogP contribution < -0.4 is 10.5 Å². The van der Waals surface area contributed by atoms with Crippen molar-refractivity contribution in [2.24, 2.45) is 5.73 Å². The predicted molar refractivity (Wildman–Crippen MR) is 72.5 cm³/mol. The van der Waals surface area contributed by atoms with Gasteiger partial charge in [-0.05, 0) is 30.2 Å². The molecule has 3 nitrogen and oxygen atoms in total. The summed E-state index contributed by atoms with van der Waals surface area (Å²) in [6.45, 7) is 2.80. The van der Waals surface area contributed by atoms with Gasteiger partial charge >= 0.3 is 0 Å². The van der Waals surface area contributed by atoms with Crippen molar-refractivity contribution in [3.63, 3.8) is 0 Å². The van der Waals surface area contributed by atoms with Gasteiger partial charge in [0.15, 0.2) is 0 Å². The zero-order valence-electron chi connectivity index (χ0n) is 10.5. The van der Waals surface area contributed by atoms with Gasteiger partial charge in [0.1, 0.15) is 5.75 Å². The Morgan fingerprint density at radius 3 is 2.61 bits per heavy atom. The van der Waals surface area contributed by atoms with Crippen molar-refractivity contribution in [2.75, 3.05) is 6.61 Å². The minimum Gasteiger partial charge on any atom is -0.493 e. The summed E-state index contributed by atoms with van der Waals surface area (Å²) in [5.74, 6) is 0.865. The van der Waals surface area contributed by atoms with E-state index in [2.05, 4.69) is 11.9 Å². The van der Waals surface area contributed by atoms with Crippen molar-refractivity contribution >= 4 is 0 Å². The number of nitrogens with zero attached hydrogens (tertiary/aromatic N) is 1. The largest absolute Gasteiger partial charge is 0.493 e. The Kier molecular flexibility index (Phi) is 4.31. The molecule has 2 aromatic rings. The first kappa shape index (κ1) is 12.6. The van der Waals surface area contributed by atoms with Crippen LogP contribution in [0, 0.1) is 0 Å². The summed E-state index contributed by atoms with van der Waals surface area (Å²) in [6.07, 6.45) is 4.49. The summed E-state index contributed by atoms with van der Waals surface area (Å²) in [4.78, 5) is 4.01. The van der Waals surface area contributed by atoms with Gasteiger partial charge in [0, 0.05) is 18.0 Å². The quantitative estimate of drug-likeness (QED) is 0.877. The average Bonchev–Trinajstić information content (AvgIpc) is 2.45. The molecule has 0 aliphatic rings. The van der Waals surface area contributed by atoms with E-state index >= 15 is 0 Å². The number of hydrogen-bond donors (Lipinski definition) is 1. The lowest BCUT2D eigenvalue weighted by molar-refractivity contribution is 0.313. The second-order valence-electron chi connectivity index (χ2n) is 4.14. The van der Waals surface area contributed by atoms with Gasteiger partial charge < -0.3 is 10.5 Å². The molecule has 1 aromatic heterocycles. The van der Waals surface area contributed by atoms with Crippen LogP contribution in [0.25, 0.3) is 0 Å². The summed E-state index contributed by atoms with van der Waals surface area (Å²) < 4.78 is 5.73. The van der Waals surface area contributed by atoms with E-state index in [0.717, 1.165) is 23.3 Å². The van der Waals surface area contributed by atoms with Gasteiger partial charge in [-0.1, -0.05) is 25.1 Å². The van der Waals surface area contributed by atoms with E-state index in [0.29, 0.717) is 6.61 Å². The van der Waals surface area contributed by atoms with Crippen LogP contribution in [0.5, 0.6) is 5.75 Å². The number of ether oxygens (including phenoxy) is 1. The highest BCUT2D eigenvalue weighted by Gasteiger charge is 2.13. The number of aromatic nitrogens is 1. The molecular weight excluding hydrogens is 224 g/mol. The Hall–Kier alpha value is -1.87. The fraction of sp³-hybridized carbons (Fsp3) is 0.267. The van der Waals surface area contributed by atoms with Crippen molar-refractivity contribution in [1.82, 2.24) is 4.98 Å². The zero-order chi connectivity index (χ0) is 12.8. The molecule has 1 unspecified atom stereocenters. The Morgan fingerprint density at radius 2 is 1.89 bits per heavy atom. The van der Waals surface area contributed by atoms with Gasteiger partial charge in [0.2, 0.25) is 0 Å². The molecule has 94 valence electrons. The van der Waals surface area contributed by atoms with E-state index in [4.69, 9.17) is 10.5 Å². The van der Waals surface area contributed by atoms with Crippen LogP contribution in [0.3, 0.4) is 0 Å². The van der Waals surface area contributed by atoms with Gasteiger partial charge in [0.25, 0.3) is 0 Å². The average molecular weight is 242 g/mol. The Morgan fingerprint density at radius 1 is 1.17 bits per heavy atom. The molecule has 1 aromatic carbocycles. The molecule has 0 aliphatic carbocycles. The number of benzene rings is 1. The van der Waals surface area contributed by atoms with Crippen molar-refractivity contribution < 1.29 is 4.74 Å². The zero-order valence-corrected chi connectivity index (χ0v) is 10.5. The predicted octanol–water partition coefficient (Wildman–Crippen LogP) is 2.92. The second-order valence-corrected chi connectivity index (χ2v) is 4.14. The van der Waals surface area contributed by atoms with Gasteiger partial charge in [-0.2, -0.15) is 0 Å². The molecule has 1 heterocycles. The van der Waals surface area contributed by atoms with Crippen LogP contribution in [0.4, 0.5) is 0 Å². The highest BCUT2D eigenvalue weighted by atomic mass is 16.5. The van der Waals surface area contributed by atoms with E-state index in [1.165, 1.54) is 0 Å². The van der Waals surface area contributed by atoms with Crippen LogP contribution in [0.15, 0.2) is 48.8 Å². The van der Waals surface area contributed by atoms with Crippen LogP contribution in [0.2, 0.25) is 0 Å². The summed E-state index contributed by atoms with van der Waals surface area (Å²) >= 11 is 0. The first-order chi connectivity index (χ1) is 8.83. The van der Waals surface area contributed by atoms with Gasteiger partial charge in [-0.3, -0.25) is 4.98 Å². The van der Waals surface area contributed by atoms with E-state index in [1.807, 2.05) is 36.4 Å². The normalized spacial score (nSPS) is 12.1. The first-order valence-corrected chi connectivity index (χ1v) is 6.20. The Bertz CT molecular complexity index is 485. The standard InChI is InChI=1S/C15H18N2O/c1-2-11-18-14-6-4-3-5-13(14)15(16)12-7-9-17-10-8-12/h3-10,15H,2,11,16H2,1H3. The maximum atomic E-state index is 6.28. The molecule has 1 atom stereocenters. The molecule has 0 saturated carbocycles. The third kappa shape index (κ3) is 2.87. The molecule has 0 spiro atoms. The van der Waals surface area contributed by atoms with Gasteiger partial charge in [-0.25, -0.2) is 0 Å². The van der Waals surface area contributed by atoms with Crippen LogP contribution in [0.1, 0.15) is 30.5 Å². The molecule has 0 amide bonds. The first-order valence-electron chi connectivity index (χ1n) is 6.20. The molecule has 0 aliphatic heterocycles. The van der Waals surface area contributed by atoms with Crippen LogP contribution in [-0.4, -0.2) is 11.6 Å². The highest BCUT2D eigenvalue weighted by molar-refractivity contribution is 5.40. The summed E-state index contributed by atoms with van der Waals surface area (Å²) in [7, 11) is 0. The fourth-order valence-electron chi connectivity index (χ4n) is 1.83. The number of pyridine rings is 1. The van der Waals surface area contributed by atoms with E-state index < -0.39 is 0 Å². The number of rotatable bonds is 5. The van der Waals surface area contributed by atoms with E-state index in [9.17, 15) is 0 Å². The lowest BCUT2D eigenvalue weighted by atomic mass is 10.00. The van der Waals surface area contributed by atoms with Crippen molar-refractivity contribution in [3.8, 4) is 5.75 Å². The lowest BCUT2D eigenvalue weighted by Gasteiger charge is -2.17. The molecule has 0 saturated heterocycles. The van der Waals surface area contributed by atoms with E-state index in [-0.39, 0.29) is 6.04 Å². The summed E-state index contributed by atoms with van der Waals surface area (Å²) in [6, 6.07) is 11.6. The Labute approximate surface area is 108 Å². The van der Waals surface area contributed by atoms with Gasteiger partial charge in [0.05, 0.1) is 12.6 Å². The fourth-order valence-corrected chi connectivity index (χ4v) is 1.83. The van der Waals surface area contributed by atoms with E-state index in [1.54, 1.807) is 12.4 Å². The molecule has 3 heteroatoms.